The van der Waals surface area contributed by atoms with Gasteiger partial charge >= 0.3 is 12.1 Å². The molecule has 1 heterocycles. The Hall–Kier alpha value is -2.57. The highest BCUT2D eigenvalue weighted by molar-refractivity contribution is 5.93. The van der Waals surface area contributed by atoms with E-state index < -0.39 is 17.6 Å². The van der Waals surface area contributed by atoms with Crippen molar-refractivity contribution in [3.8, 4) is 0 Å². The average molecular weight is 346 g/mol. The Labute approximate surface area is 146 Å². The highest BCUT2D eigenvalue weighted by Gasteiger charge is 2.53. The normalized spacial score (nSPS) is 24.4. The van der Waals surface area contributed by atoms with E-state index in [9.17, 15) is 14.4 Å². The van der Waals surface area contributed by atoms with Gasteiger partial charge in [0.2, 0.25) is 0 Å². The summed E-state index contributed by atoms with van der Waals surface area (Å²) < 4.78 is 9.95. The van der Waals surface area contributed by atoms with Crippen molar-refractivity contribution in [2.45, 2.75) is 38.1 Å². The van der Waals surface area contributed by atoms with E-state index >= 15 is 0 Å². The summed E-state index contributed by atoms with van der Waals surface area (Å²) in [6, 6.07) is 7.58. The van der Waals surface area contributed by atoms with E-state index in [4.69, 9.17) is 9.47 Å². The summed E-state index contributed by atoms with van der Waals surface area (Å²) in [4.78, 5) is 35.0. The number of hydrogen-bond acceptors (Lipinski definition) is 5. The van der Waals surface area contributed by atoms with Crippen LogP contribution in [-0.4, -0.2) is 36.7 Å². The van der Waals surface area contributed by atoms with E-state index in [2.05, 4.69) is 24.5 Å². The van der Waals surface area contributed by atoms with E-state index in [0.29, 0.717) is 24.4 Å². The number of amides is 2. The number of carbonyl (C=O) groups is 3. The van der Waals surface area contributed by atoms with Crippen LogP contribution >= 0.6 is 0 Å². The zero-order chi connectivity index (χ0) is 18.0. The number of cyclic esters (lactones) is 1. The molecule has 7 nitrogen and oxygen atoms in total. The summed E-state index contributed by atoms with van der Waals surface area (Å²) in [6.07, 6.45) is 0.514. The molecule has 2 amide bonds. The number of ether oxygens (including phenoxy) is 2. The van der Waals surface area contributed by atoms with Crippen LogP contribution in [0.15, 0.2) is 24.3 Å². The van der Waals surface area contributed by atoms with Crippen LogP contribution in [0.4, 0.5) is 10.5 Å². The zero-order valence-corrected chi connectivity index (χ0v) is 14.3. The number of rotatable bonds is 5. The fourth-order valence-electron chi connectivity index (χ4n) is 3.19. The highest BCUT2D eigenvalue weighted by Crippen LogP contribution is 2.41. The molecule has 0 radical (unpaired) electrons. The molecule has 0 unspecified atom stereocenters. The first-order chi connectivity index (χ1) is 11.9. The Morgan fingerprint density at radius 3 is 2.80 bits per heavy atom. The van der Waals surface area contributed by atoms with Gasteiger partial charge in [0.1, 0.15) is 6.61 Å². The van der Waals surface area contributed by atoms with Crippen LogP contribution in [0.2, 0.25) is 0 Å². The molecule has 3 rings (SSSR count). The number of nitrogens with one attached hydrogen (secondary N) is 2. The monoisotopic (exact) mass is 346 g/mol. The topological polar surface area (TPSA) is 93.7 Å². The largest absolute Gasteiger partial charge is 0.455 e. The van der Waals surface area contributed by atoms with Crippen molar-refractivity contribution in [2.24, 2.45) is 5.92 Å². The van der Waals surface area contributed by atoms with Crippen LogP contribution in [0.5, 0.6) is 0 Å². The molecule has 0 atom stereocenters. The van der Waals surface area contributed by atoms with Gasteiger partial charge in [0.15, 0.2) is 6.61 Å². The lowest BCUT2D eigenvalue weighted by Gasteiger charge is -2.41. The van der Waals surface area contributed by atoms with E-state index in [0.717, 1.165) is 5.56 Å². The maximum Gasteiger partial charge on any atom is 0.407 e. The van der Waals surface area contributed by atoms with Crippen molar-refractivity contribution < 1.29 is 23.9 Å². The van der Waals surface area contributed by atoms with Crippen LogP contribution in [0.1, 0.15) is 38.2 Å². The fourth-order valence-corrected chi connectivity index (χ4v) is 3.19. The number of benzene rings is 1. The first kappa shape index (κ1) is 17.3. The number of hydrogen-bond donors (Lipinski definition) is 2. The van der Waals surface area contributed by atoms with Crippen molar-refractivity contribution in [2.75, 3.05) is 18.5 Å². The van der Waals surface area contributed by atoms with Crippen LogP contribution in [0, 0.1) is 5.92 Å². The Morgan fingerprint density at radius 1 is 1.40 bits per heavy atom. The number of esters is 1. The smallest absolute Gasteiger partial charge is 0.407 e. The zero-order valence-electron chi connectivity index (χ0n) is 14.3. The minimum atomic E-state index is -0.449. The minimum Gasteiger partial charge on any atom is -0.455 e. The SMILES string of the molecule is CC(C)c1cccc(NC(=O)COC(=O)C2CC3(COC(=O)N3)C2)c1. The predicted molar refractivity (Wildman–Crippen MR) is 90.1 cm³/mol. The van der Waals surface area contributed by atoms with Gasteiger partial charge in [0.05, 0.1) is 11.5 Å². The average Bonchev–Trinajstić information content (AvgIpc) is 2.94. The molecule has 0 bridgehead atoms. The molecule has 1 aromatic carbocycles. The summed E-state index contributed by atoms with van der Waals surface area (Å²) in [5.41, 5.74) is 1.37. The first-order valence-electron chi connectivity index (χ1n) is 8.38. The van der Waals surface area contributed by atoms with Crippen molar-refractivity contribution in [1.82, 2.24) is 5.32 Å². The molecule has 2 N–H and O–H groups in total. The Morgan fingerprint density at radius 2 is 2.16 bits per heavy atom. The lowest BCUT2D eigenvalue weighted by Crippen LogP contribution is -2.56. The summed E-state index contributed by atoms with van der Waals surface area (Å²) in [7, 11) is 0. The molecule has 1 saturated heterocycles. The van der Waals surface area contributed by atoms with Gasteiger partial charge < -0.3 is 20.1 Å². The van der Waals surface area contributed by atoms with E-state index in [1.807, 2.05) is 18.2 Å². The standard InChI is InChI=1S/C18H22N2O5/c1-11(2)12-4-3-5-14(6-12)19-15(21)9-24-16(22)13-7-18(8-13)10-25-17(23)20-18/h3-6,11,13H,7-10H2,1-2H3,(H,19,21)(H,20,23). The van der Waals surface area contributed by atoms with Gasteiger partial charge in [-0.1, -0.05) is 26.0 Å². The predicted octanol–water partition coefficient (Wildman–Crippen LogP) is 2.18. The molecule has 1 spiro atoms. The van der Waals surface area contributed by atoms with Gasteiger partial charge in [-0.15, -0.1) is 0 Å². The number of carbonyl (C=O) groups excluding carboxylic acids is 3. The van der Waals surface area contributed by atoms with Crippen molar-refractivity contribution in [3.05, 3.63) is 29.8 Å². The summed E-state index contributed by atoms with van der Waals surface area (Å²) >= 11 is 0. The van der Waals surface area contributed by atoms with Gasteiger partial charge in [-0.25, -0.2) is 4.79 Å². The lowest BCUT2D eigenvalue weighted by atomic mass is 9.69. The highest BCUT2D eigenvalue weighted by atomic mass is 16.6. The summed E-state index contributed by atoms with van der Waals surface area (Å²) in [5.74, 6) is -0.738. The number of alkyl carbamates (subject to hydrolysis) is 1. The van der Waals surface area contributed by atoms with Gasteiger partial charge in [-0.2, -0.15) is 0 Å². The van der Waals surface area contributed by atoms with Crippen molar-refractivity contribution in [1.29, 1.82) is 0 Å². The third-order valence-electron chi connectivity index (χ3n) is 4.64. The van der Waals surface area contributed by atoms with Crippen LogP contribution < -0.4 is 10.6 Å². The second kappa shape index (κ2) is 6.74. The van der Waals surface area contributed by atoms with Gasteiger partial charge in [0, 0.05) is 5.69 Å². The number of anilines is 1. The maximum absolute atomic E-state index is 12.0. The Kier molecular flexibility index (Phi) is 4.65. The molecule has 1 saturated carbocycles. The van der Waals surface area contributed by atoms with Gasteiger partial charge in [-0.05, 0) is 36.5 Å². The summed E-state index contributed by atoms with van der Waals surface area (Å²) in [6.45, 7) is 4.11. The molecular formula is C18H22N2O5. The first-order valence-corrected chi connectivity index (χ1v) is 8.38. The van der Waals surface area contributed by atoms with Gasteiger partial charge in [-0.3, -0.25) is 9.59 Å². The molecular weight excluding hydrogens is 324 g/mol. The lowest BCUT2D eigenvalue weighted by molar-refractivity contribution is -0.156. The van der Waals surface area contributed by atoms with Crippen molar-refractivity contribution >= 4 is 23.7 Å². The second-order valence-electron chi connectivity index (χ2n) is 7.02. The Bertz CT molecular complexity index is 694. The molecule has 1 aromatic rings. The molecule has 2 fully saturated rings. The molecule has 7 heteroatoms. The van der Waals surface area contributed by atoms with Crippen LogP contribution in [-0.2, 0) is 19.1 Å². The third-order valence-corrected chi connectivity index (χ3v) is 4.64. The van der Waals surface area contributed by atoms with Gasteiger partial charge in [0.25, 0.3) is 5.91 Å². The fraction of sp³-hybridized carbons (Fsp3) is 0.500. The molecule has 134 valence electrons. The van der Waals surface area contributed by atoms with Crippen LogP contribution in [0.3, 0.4) is 0 Å². The van der Waals surface area contributed by atoms with Crippen molar-refractivity contribution in [3.63, 3.8) is 0 Å². The molecule has 1 aliphatic heterocycles. The molecule has 25 heavy (non-hydrogen) atoms. The van der Waals surface area contributed by atoms with E-state index in [1.54, 1.807) is 6.07 Å². The van der Waals surface area contributed by atoms with E-state index in [-0.39, 0.29) is 25.0 Å². The maximum atomic E-state index is 12.0. The molecule has 1 aliphatic carbocycles. The van der Waals surface area contributed by atoms with E-state index in [1.165, 1.54) is 0 Å². The molecule has 2 aliphatic rings. The second-order valence-corrected chi connectivity index (χ2v) is 7.02. The minimum absolute atomic E-state index is 0.280. The Balaban J connectivity index is 1.43. The summed E-state index contributed by atoms with van der Waals surface area (Å²) in [5, 5.41) is 5.44. The molecule has 0 aromatic heterocycles. The third kappa shape index (κ3) is 3.92. The quantitative estimate of drug-likeness (QED) is 0.797. The van der Waals surface area contributed by atoms with Crippen LogP contribution in [0.25, 0.3) is 0 Å².